The van der Waals surface area contributed by atoms with Crippen LogP contribution in [0.3, 0.4) is 0 Å². The molecule has 1 amide bonds. The summed E-state index contributed by atoms with van der Waals surface area (Å²) in [5, 5.41) is 2.96. The van der Waals surface area contributed by atoms with Crippen molar-refractivity contribution in [3.63, 3.8) is 0 Å². The van der Waals surface area contributed by atoms with Crippen LogP contribution in [0.1, 0.15) is 42.9 Å². The molecule has 0 radical (unpaired) electrons. The molecule has 1 atom stereocenters. The van der Waals surface area contributed by atoms with Crippen molar-refractivity contribution in [1.82, 2.24) is 0 Å². The zero-order valence-corrected chi connectivity index (χ0v) is 16.4. The Morgan fingerprint density at radius 2 is 1.92 bits per heavy atom. The predicted molar refractivity (Wildman–Crippen MR) is 105 cm³/mol. The number of ether oxygens (including phenoxy) is 1. The number of hydrogen-bond donors (Lipinski definition) is 1. The maximum atomic E-state index is 12.6. The van der Waals surface area contributed by atoms with Gasteiger partial charge in [-0.1, -0.05) is 28.9 Å². The molecule has 0 heterocycles. The number of amides is 1. The molecule has 0 bridgehead atoms. The molecule has 132 valence electrons. The largest absolute Gasteiger partial charge is 0.481 e. The van der Waals surface area contributed by atoms with E-state index < -0.39 is 6.10 Å². The number of anilines is 1. The minimum atomic E-state index is -0.495. The Balaban J connectivity index is 1.69. The van der Waals surface area contributed by atoms with E-state index in [-0.39, 0.29) is 5.91 Å². The number of halogens is 1. The summed E-state index contributed by atoms with van der Waals surface area (Å²) in [5.74, 6) is 0.677. The van der Waals surface area contributed by atoms with Crippen molar-refractivity contribution in [3.05, 3.63) is 57.6 Å². The molecule has 0 saturated carbocycles. The van der Waals surface area contributed by atoms with Gasteiger partial charge in [-0.05, 0) is 86.1 Å². The van der Waals surface area contributed by atoms with E-state index in [1.54, 1.807) is 0 Å². The summed E-state index contributed by atoms with van der Waals surface area (Å²) in [4.78, 5) is 12.6. The third-order valence-electron chi connectivity index (χ3n) is 4.69. The summed E-state index contributed by atoms with van der Waals surface area (Å²) >= 11 is 3.48. The van der Waals surface area contributed by atoms with Crippen molar-refractivity contribution < 1.29 is 9.53 Å². The Bertz CT molecular complexity index is 772. The van der Waals surface area contributed by atoms with Crippen LogP contribution >= 0.6 is 15.9 Å². The van der Waals surface area contributed by atoms with Gasteiger partial charge in [0.05, 0.1) is 0 Å². The van der Waals surface area contributed by atoms with Crippen molar-refractivity contribution in [2.45, 2.75) is 52.1 Å². The molecule has 3 nitrogen and oxygen atoms in total. The van der Waals surface area contributed by atoms with Crippen LogP contribution in [0.4, 0.5) is 5.69 Å². The third kappa shape index (κ3) is 4.43. The maximum absolute atomic E-state index is 12.6. The minimum Gasteiger partial charge on any atom is -0.481 e. The van der Waals surface area contributed by atoms with Gasteiger partial charge in [-0.3, -0.25) is 4.79 Å². The number of benzene rings is 2. The molecule has 2 aromatic carbocycles. The lowest BCUT2D eigenvalue weighted by Crippen LogP contribution is -2.32. The van der Waals surface area contributed by atoms with E-state index in [9.17, 15) is 4.79 Å². The first-order valence-corrected chi connectivity index (χ1v) is 9.71. The second kappa shape index (κ2) is 8.05. The molecule has 4 heteroatoms. The first-order chi connectivity index (χ1) is 12.1. The first kappa shape index (κ1) is 18.0. The standard InChI is InChI=1S/C21H24BrNO2/c1-3-20(21(24)23-17-9-11-19(22)14(2)12-17)25-18-10-8-15-6-4-5-7-16(15)13-18/h8-13,20H,3-7H2,1-2H3,(H,23,24). The van der Waals surface area contributed by atoms with E-state index in [1.807, 2.05) is 38.1 Å². The molecule has 25 heavy (non-hydrogen) atoms. The van der Waals surface area contributed by atoms with Crippen molar-refractivity contribution in [2.24, 2.45) is 0 Å². The van der Waals surface area contributed by atoms with Gasteiger partial charge in [-0.2, -0.15) is 0 Å². The molecule has 0 aliphatic heterocycles. The highest BCUT2D eigenvalue weighted by atomic mass is 79.9. The molecule has 1 aliphatic carbocycles. The van der Waals surface area contributed by atoms with E-state index in [2.05, 4.69) is 33.4 Å². The average molecular weight is 402 g/mol. The minimum absolute atomic E-state index is 0.109. The van der Waals surface area contributed by atoms with Crippen LogP contribution < -0.4 is 10.1 Å². The summed E-state index contributed by atoms with van der Waals surface area (Å²) in [6.07, 6.45) is 4.88. The van der Waals surface area contributed by atoms with Gasteiger partial charge in [0.2, 0.25) is 0 Å². The highest BCUT2D eigenvalue weighted by Gasteiger charge is 2.20. The molecular weight excluding hydrogens is 378 g/mol. The maximum Gasteiger partial charge on any atom is 0.265 e. The molecule has 2 aromatic rings. The smallest absolute Gasteiger partial charge is 0.265 e. The van der Waals surface area contributed by atoms with Crippen LogP contribution in [0.15, 0.2) is 40.9 Å². The predicted octanol–water partition coefficient (Wildman–Crippen LogP) is 5.43. The van der Waals surface area contributed by atoms with Gasteiger partial charge in [-0.15, -0.1) is 0 Å². The summed E-state index contributed by atoms with van der Waals surface area (Å²) in [5.41, 5.74) is 4.66. The van der Waals surface area contributed by atoms with E-state index in [0.29, 0.717) is 6.42 Å². The molecule has 1 aliphatic rings. The third-order valence-corrected chi connectivity index (χ3v) is 5.58. The fourth-order valence-electron chi connectivity index (χ4n) is 3.21. The van der Waals surface area contributed by atoms with Crippen LogP contribution in [0, 0.1) is 6.92 Å². The van der Waals surface area contributed by atoms with Gasteiger partial charge in [0.25, 0.3) is 5.91 Å². The van der Waals surface area contributed by atoms with E-state index >= 15 is 0 Å². The second-order valence-electron chi connectivity index (χ2n) is 6.61. The molecule has 0 aromatic heterocycles. The second-order valence-corrected chi connectivity index (χ2v) is 7.46. The number of carbonyl (C=O) groups excluding carboxylic acids is 1. The quantitative estimate of drug-likeness (QED) is 0.724. The lowest BCUT2D eigenvalue weighted by Gasteiger charge is -2.20. The fraction of sp³-hybridized carbons (Fsp3) is 0.381. The van der Waals surface area contributed by atoms with Crippen LogP contribution in [0.5, 0.6) is 5.75 Å². The van der Waals surface area contributed by atoms with Crippen LogP contribution in [-0.2, 0) is 17.6 Å². The monoisotopic (exact) mass is 401 g/mol. The van der Waals surface area contributed by atoms with Gasteiger partial charge >= 0.3 is 0 Å². The Labute approximate surface area is 157 Å². The van der Waals surface area contributed by atoms with Gasteiger partial charge in [0.1, 0.15) is 5.75 Å². The topological polar surface area (TPSA) is 38.3 Å². The van der Waals surface area contributed by atoms with E-state index in [1.165, 1.54) is 24.0 Å². The van der Waals surface area contributed by atoms with Gasteiger partial charge in [0, 0.05) is 10.2 Å². The Hall–Kier alpha value is -1.81. The summed E-state index contributed by atoms with van der Waals surface area (Å²) in [6.45, 7) is 3.97. The molecule has 0 fully saturated rings. The number of fused-ring (bicyclic) bond motifs is 1. The molecule has 3 rings (SSSR count). The highest BCUT2D eigenvalue weighted by molar-refractivity contribution is 9.10. The molecule has 0 spiro atoms. The molecule has 0 saturated heterocycles. The lowest BCUT2D eigenvalue weighted by molar-refractivity contribution is -0.122. The summed E-state index contributed by atoms with van der Waals surface area (Å²) in [7, 11) is 0. The van der Waals surface area contributed by atoms with Gasteiger partial charge in [-0.25, -0.2) is 0 Å². The van der Waals surface area contributed by atoms with Crippen molar-refractivity contribution in [1.29, 1.82) is 0 Å². The highest BCUT2D eigenvalue weighted by Crippen LogP contribution is 2.26. The SMILES string of the molecule is CCC(Oc1ccc2c(c1)CCCC2)C(=O)Nc1ccc(Br)c(C)c1. The number of nitrogens with one attached hydrogen (secondary N) is 1. The van der Waals surface area contributed by atoms with E-state index in [4.69, 9.17) is 4.74 Å². The molecule has 1 unspecified atom stereocenters. The Morgan fingerprint density at radius 1 is 1.16 bits per heavy atom. The first-order valence-electron chi connectivity index (χ1n) is 8.92. The van der Waals surface area contributed by atoms with Crippen molar-refractivity contribution in [2.75, 3.05) is 5.32 Å². The number of hydrogen-bond acceptors (Lipinski definition) is 2. The lowest BCUT2D eigenvalue weighted by atomic mass is 9.92. The van der Waals surface area contributed by atoms with Crippen LogP contribution in [0.25, 0.3) is 0 Å². The number of carbonyl (C=O) groups is 1. The summed E-state index contributed by atoms with van der Waals surface area (Å²) < 4.78 is 7.03. The average Bonchev–Trinajstić information content (AvgIpc) is 2.62. The van der Waals surface area contributed by atoms with Crippen LogP contribution in [-0.4, -0.2) is 12.0 Å². The van der Waals surface area contributed by atoms with Gasteiger partial charge < -0.3 is 10.1 Å². The zero-order valence-electron chi connectivity index (χ0n) is 14.8. The van der Waals surface area contributed by atoms with Crippen molar-refractivity contribution >= 4 is 27.5 Å². The molecular formula is C21H24BrNO2. The molecule has 1 N–H and O–H groups in total. The Morgan fingerprint density at radius 3 is 2.64 bits per heavy atom. The number of rotatable bonds is 5. The van der Waals surface area contributed by atoms with Crippen molar-refractivity contribution in [3.8, 4) is 5.75 Å². The van der Waals surface area contributed by atoms with Gasteiger partial charge in [0.15, 0.2) is 6.10 Å². The zero-order chi connectivity index (χ0) is 17.8. The van der Waals surface area contributed by atoms with E-state index in [0.717, 1.165) is 34.3 Å². The normalized spacial score (nSPS) is 14.5. The fourth-order valence-corrected chi connectivity index (χ4v) is 3.46. The van der Waals surface area contributed by atoms with Crippen LogP contribution in [0.2, 0.25) is 0 Å². The summed E-state index contributed by atoms with van der Waals surface area (Å²) in [6, 6.07) is 12.0. The number of aryl methyl sites for hydroxylation is 3. The Kier molecular flexibility index (Phi) is 5.79.